The second kappa shape index (κ2) is 3.18. The molecule has 2 amide bonds. The Morgan fingerprint density at radius 2 is 2.15 bits per heavy atom. The number of hydrogen-bond acceptors (Lipinski definition) is 2. The molecule has 0 bridgehead atoms. The second-order valence-corrected chi connectivity index (χ2v) is 4.08. The lowest BCUT2D eigenvalue weighted by Gasteiger charge is -2.27. The highest BCUT2D eigenvalue weighted by Crippen LogP contribution is 2.30. The van der Waals surface area contributed by atoms with Crippen molar-refractivity contribution in [2.75, 3.05) is 19.6 Å². The zero-order valence-electron chi connectivity index (χ0n) is 7.75. The number of amides is 2. The molecule has 1 heterocycles. The van der Waals surface area contributed by atoms with Gasteiger partial charge in [-0.3, -0.25) is 0 Å². The van der Waals surface area contributed by atoms with E-state index >= 15 is 0 Å². The number of aliphatic hydroxyl groups is 1. The number of urea groups is 1. The predicted octanol–water partition coefficient (Wildman–Crippen LogP) is 0.317. The smallest absolute Gasteiger partial charge is 0.317 e. The first-order chi connectivity index (χ1) is 6.20. The lowest BCUT2D eigenvalue weighted by molar-refractivity contribution is 0.0239. The van der Waals surface area contributed by atoms with E-state index in [4.69, 9.17) is 0 Å². The number of rotatable bonds is 2. The maximum atomic E-state index is 11.2. The van der Waals surface area contributed by atoms with Crippen LogP contribution in [0, 0.1) is 0 Å². The van der Waals surface area contributed by atoms with E-state index in [0.29, 0.717) is 6.54 Å². The Kier molecular flexibility index (Phi) is 2.15. The van der Waals surface area contributed by atoms with Crippen molar-refractivity contribution in [3.8, 4) is 0 Å². The molecule has 0 radical (unpaired) electrons. The van der Waals surface area contributed by atoms with Gasteiger partial charge >= 0.3 is 6.03 Å². The second-order valence-electron chi connectivity index (χ2n) is 4.08. The van der Waals surface area contributed by atoms with Gasteiger partial charge < -0.3 is 15.3 Å². The topological polar surface area (TPSA) is 52.6 Å². The van der Waals surface area contributed by atoms with Crippen molar-refractivity contribution < 1.29 is 9.90 Å². The lowest BCUT2D eigenvalue weighted by Crippen LogP contribution is -2.42. The summed E-state index contributed by atoms with van der Waals surface area (Å²) in [5.41, 5.74) is -0.596. The van der Waals surface area contributed by atoms with Crippen LogP contribution in [0.2, 0.25) is 0 Å². The summed E-state index contributed by atoms with van der Waals surface area (Å²) in [5, 5.41) is 12.8. The summed E-state index contributed by atoms with van der Waals surface area (Å²) in [6.07, 6.45) is 3.87. The van der Waals surface area contributed by atoms with Gasteiger partial charge in [-0.25, -0.2) is 4.79 Å². The molecule has 0 aromatic carbocycles. The molecule has 74 valence electrons. The summed E-state index contributed by atoms with van der Waals surface area (Å²) in [6.45, 7) is 1.97. The summed E-state index contributed by atoms with van der Waals surface area (Å²) in [4.78, 5) is 12.9. The fourth-order valence-electron chi connectivity index (χ4n) is 2.21. The van der Waals surface area contributed by atoms with E-state index < -0.39 is 5.60 Å². The van der Waals surface area contributed by atoms with E-state index in [0.717, 1.165) is 38.8 Å². The average Bonchev–Trinajstić information content (AvgIpc) is 2.64. The molecule has 2 rings (SSSR count). The van der Waals surface area contributed by atoms with E-state index in [1.807, 2.05) is 0 Å². The molecule has 2 fully saturated rings. The third-order valence-corrected chi connectivity index (χ3v) is 2.96. The largest absolute Gasteiger partial charge is 0.388 e. The zero-order chi connectivity index (χ0) is 9.31. The van der Waals surface area contributed by atoms with Crippen LogP contribution in [-0.2, 0) is 0 Å². The molecule has 0 aromatic rings. The van der Waals surface area contributed by atoms with Crippen molar-refractivity contribution in [3.63, 3.8) is 0 Å². The number of hydrogen-bond donors (Lipinski definition) is 2. The molecule has 2 N–H and O–H groups in total. The highest BCUT2D eigenvalue weighted by atomic mass is 16.3. The van der Waals surface area contributed by atoms with Crippen LogP contribution in [0.15, 0.2) is 0 Å². The minimum atomic E-state index is -0.596. The van der Waals surface area contributed by atoms with Crippen LogP contribution in [-0.4, -0.2) is 41.3 Å². The molecule has 13 heavy (non-hydrogen) atoms. The number of nitrogens with zero attached hydrogens (tertiary/aromatic N) is 1. The fraction of sp³-hybridized carbons (Fsp3) is 0.889. The first-order valence-electron chi connectivity index (χ1n) is 4.95. The van der Waals surface area contributed by atoms with Gasteiger partial charge in [0.2, 0.25) is 0 Å². The molecule has 4 heteroatoms. The number of β-amino-alcohol motifs (C(OH)–C–C–N with tert-alkyl or cyclic N) is 1. The minimum absolute atomic E-state index is 0.0275. The van der Waals surface area contributed by atoms with E-state index in [-0.39, 0.29) is 6.03 Å². The molecule has 0 spiro atoms. The van der Waals surface area contributed by atoms with Crippen molar-refractivity contribution in [1.29, 1.82) is 0 Å². The maximum Gasteiger partial charge on any atom is 0.317 e. The Morgan fingerprint density at radius 1 is 1.46 bits per heavy atom. The van der Waals surface area contributed by atoms with Crippen LogP contribution in [0.5, 0.6) is 0 Å². The zero-order valence-corrected chi connectivity index (χ0v) is 7.75. The molecule has 0 aromatic heterocycles. The third kappa shape index (κ3) is 1.77. The molecule has 0 unspecified atom stereocenters. The summed E-state index contributed by atoms with van der Waals surface area (Å²) in [6, 6.07) is -0.0275. The van der Waals surface area contributed by atoms with Gasteiger partial charge in [0.15, 0.2) is 0 Å². The average molecular weight is 184 g/mol. The SMILES string of the molecule is O=C1NCCN1CC1(O)CCCC1. The van der Waals surface area contributed by atoms with Crippen molar-refractivity contribution in [2.24, 2.45) is 0 Å². The molecule has 1 saturated carbocycles. The van der Waals surface area contributed by atoms with E-state index in [2.05, 4.69) is 5.32 Å². The van der Waals surface area contributed by atoms with Gasteiger partial charge in [-0.1, -0.05) is 12.8 Å². The highest BCUT2D eigenvalue weighted by Gasteiger charge is 2.35. The van der Waals surface area contributed by atoms with Gasteiger partial charge in [0.25, 0.3) is 0 Å². The summed E-state index contributed by atoms with van der Waals surface area (Å²) < 4.78 is 0. The van der Waals surface area contributed by atoms with Gasteiger partial charge in [0.1, 0.15) is 0 Å². The van der Waals surface area contributed by atoms with Gasteiger partial charge in [-0.05, 0) is 12.8 Å². The van der Waals surface area contributed by atoms with Gasteiger partial charge in [-0.15, -0.1) is 0 Å². The van der Waals surface area contributed by atoms with E-state index in [9.17, 15) is 9.90 Å². The quantitative estimate of drug-likeness (QED) is 0.649. The first-order valence-corrected chi connectivity index (χ1v) is 4.95. The summed E-state index contributed by atoms with van der Waals surface area (Å²) >= 11 is 0. The number of nitrogens with one attached hydrogen (secondary N) is 1. The Hall–Kier alpha value is -0.770. The van der Waals surface area contributed by atoms with Crippen LogP contribution in [0.25, 0.3) is 0 Å². The molecular formula is C9H16N2O2. The fourth-order valence-corrected chi connectivity index (χ4v) is 2.21. The van der Waals surface area contributed by atoms with Crippen molar-refractivity contribution in [2.45, 2.75) is 31.3 Å². The summed E-state index contributed by atoms with van der Waals surface area (Å²) in [5.74, 6) is 0. The van der Waals surface area contributed by atoms with Crippen LogP contribution in [0.4, 0.5) is 4.79 Å². The summed E-state index contributed by atoms with van der Waals surface area (Å²) in [7, 11) is 0. The monoisotopic (exact) mass is 184 g/mol. The first kappa shape index (κ1) is 8.81. The van der Waals surface area contributed by atoms with Crippen molar-refractivity contribution in [3.05, 3.63) is 0 Å². The molecule has 2 aliphatic rings. The maximum absolute atomic E-state index is 11.2. The molecule has 1 saturated heterocycles. The third-order valence-electron chi connectivity index (χ3n) is 2.96. The Labute approximate surface area is 77.9 Å². The van der Waals surface area contributed by atoms with E-state index in [1.54, 1.807) is 4.90 Å². The predicted molar refractivity (Wildman–Crippen MR) is 48.4 cm³/mol. The van der Waals surface area contributed by atoms with Crippen molar-refractivity contribution >= 4 is 6.03 Å². The Balaban J connectivity index is 1.92. The van der Waals surface area contributed by atoms with Crippen LogP contribution >= 0.6 is 0 Å². The molecule has 0 atom stereocenters. The number of carbonyl (C=O) groups excluding carboxylic acids is 1. The lowest BCUT2D eigenvalue weighted by atomic mass is 10.0. The van der Waals surface area contributed by atoms with Gasteiger partial charge in [-0.2, -0.15) is 0 Å². The normalized spacial score (nSPS) is 26.5. The Morgan fingerprint density at radius 3 is 2.69 bits per heavy atom. The minimum Gasteiger partial charge on any atom is -0.388 e. The Bertz CT molecular complexity index is 212. The van der Waals surface area contributed by atoms with Crippen LogP contribution in [0.3, 0.4) is 0 Å². The van der Waals surface area contributed by atoms with Crippen LogP contribution < -0.4 is 5.32 Å². The van der Waals surface area contributed by atoms with Gasteiger partial charge in [0.05, 0.1) is 12.1 Å². The van der Waals surface area contributed by atoms with E-state index in [1.165, 1.54) is 0 Å². The molecule has 4 nitrogen and oxygen atoms in total. The van der Waals surface area contributed by atoms with Crippen molar-refractivity contribution in [1.82, 2.24) is 10.2 Å². The molecule has 1 aliphatic heterocycles. The highest BCUT2D eigenvalue weighted by molar-refractivity contribution is 5.76. The molecule has 1 aliphatic carbocycles. The number of carbonyl (C=O) groups is 1. The molecular weight excluding hydrogens is 168 g/mol. The standard InChI is InChI=1S/C9H16N2O2/c12-8-10-5-6-11(8)7-9(13)3-1-2-4-9/h13H,1-7H2,(H,10,12). The van der Waals surface area contributed by atoms with Crippen LogP contribution in [0.1, 0.15) is 25.7 Å². The van der Waals surface area contributed by atoms with Gasteiger partial charge in [0, 0.05) is 13.1 Å².